The van der Waals surface area contributed by atoms with E-state index in [1.165, 1.54) is 0 Å². The molecule has 0 bridgehead atoms. The van der Waals surface area contributed by atoms with Crippen LogP contribution in [0.5, 0.6) is 0 Å². The Morgan fingerprint density at radius 1 is 1.38 bits per heavy atom. The second kappa shape index (κ2) is 6.05. The van der Waals surface area contributed by atoms with E-state index in [-0.39, 0.29) is 24.4 Å². The molecule has 1 N–H and O–H groups in total. The summed E-state index contributed by atoms with van der Waals surface area (Å²) in [7, 11) is 0. The number of aliphatic hydroxyl groups is 1. The molecule has 0 aromatic carbocycles. The number of hydrogen-bond donors (Lipinski definition) is 1. The summed E-state index contributed by atoms with van der Waals surface area (Å²) in [5.74, 6) is 0.701. The molecule has 3 rings (SSSR count). The molecular formula is C17H24N4O3. The van der Waals surface area contributed by atoms with Crippen LogP contribution in [0.2, 0.25) is 0 Å². The van der Waals surface area contributed by atoms with Gasteiger partial charge in [-0.3, -0.25) is 4.79 Å². The van der Waals surface area contributed by atoms with Crippen LogP contribution in [-0.4, -0.2) is 44.0 Å². The summed E-state index contributed by atoms with van der Waals surface area (Å²) in [6.07, 6.45) is 3.75. The Labute approximate surface area is 141 Å². The quantitative estimate of drug-likeness (QED) is 0.929. The van der Waals surface area contributed by atoms with Crippen LogP contribution in [0, 0.1) is 0 Å². The number of amides is 1. The molecule has 2 aromatic heterocycles. The Morgan fingerprint density at radius 3 is 2.75 bits per heavy atom. The first-order chi connectivity index (χ1) is 11.3. The lowest BCUT2D eigenvalue weighted by atomic mass is 10.00. The summed E-state index contributed by atoms with van der Waals surface area (Å²) in [4.78, 5) is 14.4. The van der Waals surface area contributed by atoms with Gasteiger partial charge in [-0.1, -0.05) is 19.1 Å². The molecule has 0 radical (unpaired) electrons. The molecule has 1 saturated heterocycles. The average Bonchev–Trinajstić information content (AvgIpc) is 3.25. The monoisotopic (exact) mass is 332 g/mol. The van der Waals surface area contributed by atoms with E-state index in [4.69, 9.17) is 4.42 Å². The van der Waals surface area contributed by atoms with Crippen LogP contribution in [-0.2, 0) is 5.60 Å². The fourth-order valence-electron chi connectivity index (χ4n) is 3.03. The first-order valence-electron chi connectivity index (χ1n) is 8.33. The lowest BCUT2D eigenvalue weighted by Crippen LogP contribution is -2.35. The van der Waals surface area contributed by atoms with Crippen LogP contribution in [0.3, 0.4) is 0 Å². The second-order valence-corrected chi connectivity index (χ2v) is 7.04. The van der Waals surface area contributed by atoms with Crippen LogP contribution in [0.4, 0.5) is 0 Å². The largest absolute Gasteiger partial charge is 0.468 e. The van der Waals surface area contributed by atoms with Crippen molar-refractivity contribution in [3.8, 4) is 0 Å². The molecule has 0 saturated carbocycles. The van der Waals surface area contributed by atoms with Crippen LogP contribution in [0.25, 0.3) is 0 Å². The van der Waals surface area contributed by atoms with E-state index >= 15 is 0 Å². The Morgan fingerprint density at radius 2 is 2.12 bits per heavy atom. The van der Waals surface area contributed by atoms with E-state index in [9.17, 15) is 9.90 Å². The zero-order valence-electron chi connectivity index (χ0n) is 14.6. The molecule has 1 amide bonds. The summed E-state index contributed by atoms with van der Waals surface area (Å²) in [6, 6.07) is 1.87. The minimum absolute atomic E-state index is 0.111. The topological polar surface area (TPSA) is 84.4 Å². The van der Waals surface area contributed by atoms with Crippen molar-refractivity contribution in [1.29, 1.82) is 0 Å². The molecule has 7 nitrogen and oxygen atoms in total. The van der Waals surface area contributed by atoms with Crippen molar-refractivity contribution in [2.75, 3.05) is 13.1 Å². The molecule has 0 unspecified atom stereocenters. The zero-order chi connectivity index (χ0) is 17.5. The summed E-state index contributed by atoms with van der Waals surface area (Å²) in [5.41, 5.74) is -0.0623. The smallest absolute Gasteiger partial charge is 0.257 e. The number of hydrogen-bond acceptors (Lipinski definition) is 5. The van der Waals surface area contributed by atoms with Gasteiger partial charge in [-0.25, -0.2) is 4.68 Å². The molecule has 24 heavy (non-hydrogen) atoms. The SMILES string of the molecule is CC(C)c1occc1C(=O)N1CC[C@@](O)(c2cn(C(C)C)nn2)C1. The van der Waals surface area contributed by atoms with Gasteiger partial charge in [-0.2, -0.15) is 0 Å². The first-order valence-corrected chi connectivity index (χ1v) is 8.33. The Bertz CT molecular complexity index is 734. The van der Waals surface area contributed by atoms with Crippen molar-refractivity contribution in [1.82, 2.24) is 19.9 Å². The first kappa shape index (κ1) is 16.7. The molecule has 1 aliphatic heterocycles. The van der Waals surface area contributed by atoms with Gasteiger partial charge in [0.2, 0.25) is 0 Å². The van der Waals surface area contributed by atoms with Crippen LogP contribution >= 0.6 is 0 Å². The number of aromatic nitrogens is 3. The summed E-state index contributed by atoms with van der Waals surface area (Å²) in [5, 5.41) is 19.1. The lowest BCUT2D eigenvalue weighted by molar-refractivity contribution is 0.0381. The minimum atomic E-state index is -1.15. The van der Waals surface area contributed by atoms with E-state index in [1.807, 2.05) is 27.7 Å². The van der Waals surface area contributed by atoms with Gasteiger partial charge in [0.05, 0.1) is 24.6 Å². The fraction of sp³-hybridized carbons (Fsp3) is 0.588. The van der Waals surface area contributed by atoms with Crippen LogP contribution in [0.15, 0.2) is 22.9 Å². The van der Waals surface area contributed by atoms with E-state index in [1.54, 1.807) is 28.1 Å². The van der Waals surface area contributed by atoms with Gasteiger partial charge in [-0.05, 0) is 19.9 Å². The number of nitrogens with zero attached hydrogens (tertiary/aromatic N) is 4. The third-order valence-electron chi connectivity index (χ3n) is 4.50. The maximum Gasteiger partial charge on any atom is 0.257 e. The third kappa shape index (κ3) is 2.84. The van der Waals surface area contributed by atoms with Crippen LogP contribution in [0.1, 0.15) is 67.9 Å². The highest BCUT2D eigenvalue weighted by Gasteiger charge is 2.42. The molecule has 0 spiro atoms. The van der Waals surface area contributed by atoms with E-state index in [0.717, 1.165) is 0 Å². The number of likely N-dealkylation sites (tertiary alicyclic amines) is 1. The number of β-amino-alcohol motifs (C(OH)–C–C–N with tert-alkyl or cyclic N) is 1. The van der Waals surface area contributed by atoms with Gasteiger partial charge in [0.15, 0.2) is 0 Å². The summed E-state index contributed by atoms with van der Waals surface area (Å²) >= 11 is 0. The van der Waals surface area contributed by atoms with Gasteiger partial charge in [0.1, 0.15) is 17.1 Å². The predicted octanol–water partition coefficient (Wildman–Crippen LogP) is 2.31. The lowest BCUT2D eigenvalue weighted by Gasteiger charge is -2.21. The van der Waals surface area contributed by atoms with E-state index in [2.05, 4.69) is 10.3 Å². The molecular weight excluding hydrogens is 308 g/mol. The van der Waals surface area contributed by atoms with E-state index in [0.29, 0.717) is 30.0 Å². The van der Waals surface area contributed by atoms with Crippen molar-refractivity contribution in [3.05, 3.63) is 35.5 Å². The van der Waals surface area contributed by atoms with Crippen molar-refractivity contribution in [2.24, 2.45) is 0 Å². The molecule has 1 atom stereocenters. The number of carbonyl (C=O) groups excluding carboxylic acids is 1. The van der Waals surface area contributed by atoms with Gasteiger partial charge >= 0.3 is 0 Å². The average molecular weight is 332 g/mol. The molecule has 2 aromatic rings. The third-order valence-corrected chi connectivity index (χ3v) is 4.50. The van der Waals surface area contributed by atoms with Crippen molar-refractivity contribution in [3.63, 3.8) is 0 Å². The molecule has 130 valence electrons. The van der Waals surface area contributed by atoms with E-state index < -0.39 is 5.60 Å². The van der Waals surface area contributed by atoms with Gasteiger partial charge in [0, 0.05) is 24.9 Å². The Kier molecular flexibility index (Phi) is 4.21. The normalized spacial score (nSPS) is 21.2. The number of furan rings is 1. The van der Waals surface area contributed by atoms with Gasteiger partial charge in [-0.15, -0.1) is 5.10 Å². The van der Waals surface area contributed by atoms with Gasteiger partial charge < -0.3 is 14.4 Å². The highest BCUT2D eigenvalue weighted by atomic mass is 16.3. The summed E-state index contributed by atoms with van der Waals surface area (Å²) in [6.45, 7) is 8.66. The zero-order valence-corrected chi connectivity index (χ0v) is 14.6. The molecule has 1 aliphatic rings. The second-order valence-electron chi connectivity index (χ2n) is 7.04. The Hall–Kier alpha value is -2.15. The molecule has 1 fully saturated rings. The predicted molar refractivity (Wildman–Crippen MR) is 87.6 cm³/mol. The Balaban J connectivity index is 1.78. The maximum absolute atomic E-state index is 12.8. The number of rotatable bonds is 4. The minimum Gasteiger partial charge on any atom is -0.468 e. The van der Waals surface area contributed by atoms with Crippen molar-refractivity contribution in [2.45, 2.75) is 51.7 Å². The highest BCUT2D eigenvalue weighted by Crippen LogP contribution is 2.32. The fourth-order valence-corrected chi connectivity index (χ4v) is 3.03. The molecule has 3 heterocycles. The van der Waals surface area contributed by atoms with Crippen molar-refractivity contribution < 1.29 is 14.3 Å². The van der Waals surface area contributed by atoms with Gasteiger partial charge in [0.25, 0.3) is 5.91 Å². The van der Waals surface area contributed by atoms with Crippen molar-refractivity contribution >= 4 is 5.91 Å². The molecule has 7 heteroatoms. The van der Waals surface area contributed by atoms with Crippen LogP contribution < -0.4 is 0 Å². The highest BCUT2D eigenvalue weighted by molar-refractivity contribution is 5.95. The standard InChI is InChI=1S/C17H24N4O3/c1-11(2)15-13(5-8-24-15)16(22)20-7-6-17(23,10-20)14-9-21(12(3)4)19-18-14/h5,8-9,11-12,23H,6-7,10H2,1-4H3/t17-/m0/s1. The molecule has 0 aliphatic carbocycles. The summed E-state index contributed by atoms with van der Waals surface area (Å²) < 4.78 is 7.15. The maximum atomic E-state index is 12.8. The number of carbonyl (C=O) groups is 1.